The summed E-state index contributed by atoms with van der Waals surface area (Å²) in [6, 6.07) is 7.93. The molecule has 0 spiro atoms. The van der Waals surface area contributed by atoms with Gasteiger partial charge in [0.05, 0.1) is 10.6 Å². The van der Waals surface area contributed by atoms with Crippen molar-refractivity contribution in [2.75, 3.05) is 18.4 Å². The van der Waals surface area contributed by atoms with Crippen LogP contribution in [-0.4, -0.2) is 29.8 Å². The van der Waals surface area contributed by atoms with Crippen molar-refractivity contribution >= 4 is 29.1 Å². The molecule has 4 nitrogen and oxygen atoms in total. The van der Waals surface area contributed by atoms with E-state index in [-0.39, 0.29) is 16.5 Å². The normalized spacial score (nSPS) is 14.2. The maximum Gasteiger partial charge on any atom is 0.257 e. The highest BCUT2D eigenvalue weighted by Gasteiger charge is 2.19. The molecule has 7 heteroatoms. The van der Waals surface area contributed by atoms with Crippen LogP contribution in [0.1, 0.15) is 40.0 Å². The Morgan fingerprint density at radius 1 is 0.962 bits per heavy atom. The quantitative estimate of drug-likeness (QED) is 0.799. The van der Waals surface area contributed by atoms with Gasteiger partial charge in [-0.3, -0.25) is 9.59 Å². The van der Waals surface area contributed by atoms with Gasteiger partial charge in [-0.1, -0.05) is 11.6 Å². The monoisotopic (exact) mass is 378 g/mol. The Hall–Kier alpha value is -2.47. The van der Waals surface area contributed by atoms with Crippen molar-refractivity contribution in [1.82, 2.24) is 4.90 Å². The van der Waals surface area contributed by atoms with Gasteiger partial charge in [0.1, 0.15) is 0 Å². The minimum atomic E-state index is -1.15. The lowest BCUT2D eigenvalue weighted by molar-refractivity contribution is 0.0724. The fraction of sp³-hybridized carbons (Fsp3) is 0.263. The summed E-state index contributed by atoms with van der Waals surface area (Å²) in [5.41, 5.74) is 0.792. The van der Waals surface area contributed by atoms with Gasteiger partial charge in [-0.2, -0.15) is 0 Å². The van der Waals surface area contributed by atoms with Crippen LogP contribution in [0.15, 0.2) is 36.4 Å². The van der Waals surface area contributed by atoms with E-state index in [1.807, 2.05) is 4.90 Å². The lowest BCUT2D eigenvalue weighted by Gasteiger charge is -2.26. The summed E-state index contributed by atoms with van der Waals surface area (Å²) in [6.45, 7) is 1.51. The highest BCUT2D eigenvalue weighted by molar-refractivity contribution is 6.34. The number of halogens is 3. The molecule has 1 aliphatic heterocycles. The number of hydrogen-bond donors (Lipinski definition) is 1. The third-order valence-corrected chi connectivity index (χ3v) is 4.60. The third-order valence-electron chi connectivity index (χ3n) is 4.29. The van der Waals surface area contributed by atoms with Crippen molar-refractivity contribution < 1.29 is 18.4 Å². The number of nitrogens with one attached hydrogen (secondary N) is 1. The largest absolute Gasteiger partial charge is 0.339 e. The fourth-order valence-electron chi connectivity index (χ4n) is 2.87. The van der Waals surface area contributed by atoms with Crippen LogP contribution in [0.4, 0.5) is 14.5 Å². The van der Waals surface area contributed by atoms with Crippen molar-refractivity contribution in [2.45, 2.75) is 19.3 Å². The van der Waals surface area contributed by atoms with Crippen molar-refractivity contribution in [3.63, 3.8) is 0 Å². The maximum atomic E-state index is 13.3. The van der Waals surface area contributed by atoms with Crippen LogP contribution in [0.5, 0.6) is 0 Å². The van der Waals surface area contributed by atoms with Crippen LogP contribution >= 0.6 is 11.6 Å². The van der Waals surface area contributed by atoms with Gasteiger partial charge in [0.25, 0.3) is 11.8 Å². The van der Waals surface area contributed by atoms with E-state index in [2.05, 4.69) is 5.32 Å². The molecule has 0 unspecified atom stereocenters. The first kappa shape index (κ1) is 18.3. The topological polar surface area (TPSA) is 49.4 Å². The summed E-state index contributed by atoms with van der Waals surface area (Å²) < 4.78 is 26.4. The Morgan fingerprint density at radius 2 is 1.58 bits per heavy atom. The van der Waals surface area contributed by atoms with E-state index in [1.54, 1.807) is 24.3 Å². The first-order chi connectivity index (χ1) is 12.5. The van der Waals surface area contributed by atoms with Crippen LogP contribution in [0.3, 0.4) is 0 Å². The molecular formula is C19H17ClF2N2O2. The van der Waals surface area contributed by atoms with Gasteiger partial charge in [0.15, 0.2) is 11.6 Å². The second kappa shape index (κ2) is 7.83. The highest BCUT2D eigenvalue weighted by Crippen LogP contribution is 2.22. The summed E-state index contributed by atoms with van der Waals surface area (Å²) in [5, 5.41) is 2.37. The Kier molecular flexibility index (Phi) is 5.52. The molecule has 136 valence electrons. The second-order valence-corrected chi connectivity index (χ2v) is 6.54. The van der Waals surface area contributed by atoms with Gasteiger partial charge in [-0.25, -0.2) is 8.78 Å². The van der Waals surface area contributed by atoms with Crippen LogP contribution in [0.25, 0.3) is 0 Å². The number of nitrogens with zero attached hydrogens (tertiary/aromatic N) is 1. The molecule has 1 N–H and O–H groups in total. The van der Waals surface area contributed by atoms with Crippen LogP contribution in [0, 0.1) is 11.6 Å². The zero-order chi connectivity index (χ0) is 18.7. The SMILES string of the molecule is O=C(Nc1ccc(C(=O)N2CCCCC2)cc1)c1cc(F)c(F)cc1Cl. The zero-order valence-corrected chi connectivity index (χ0v) is 14.7. The predicted molar refractivity (Wildman–Crippen MR) is 95.5 cm³/mol. The molecule has 1 saturated heterocycles. The van der Waals surface area contributed by atoms with E-state index in [9.17, 15) is 18.4 Å². The smallest absolute Gasteiger partial charge is 0.257 e. The molecule has 2 aromatic rings. The molecule has 3 rings (SSSR count). The number of carbonyl (C=O) groups is 2. The molecular weight excluding hydrogens is 362 g/mol. The molecule has 1 heterocycles. The number of piperidine rings is 1. The number of amides is 2. The molecule has 2 aromatic carbocycles. The van der Waals surface area contributed by atoms with E-state index in [1.165, 1.54) is 0 Å². The van der Waals surface area contributed by atoms with Crippen LogP contribution in [0.2, 0.25) is 5.02 Å². The van der Waals surface area contributed by atoms with E-state index >= 15 is 0 Å². The Balaban J connectivity index is 1.70. The molecule has 0 aromatic heterocycles. The molecule has 0 saturated carbocycles. The molecule has 26 heavy (non-hydrogen) atoms. The number of benzene rings is 2. The molecule has 0 bridgehead atoms. The molecule has 0 atom stereocenters. The number of rotatable bonds is 3. The summed E-state index contributed by atoms with van der Waals surface area (Å²) in [5.74, 6) is -2.97. The van der Waals surface area contributed by atoms with Crippen LogP contribution < -0.4 is 5.32 Å². The minimum Gasteiger partial charge on any atom is -0.339 e. The van der Waals surface area contributed by atoms with Gasteiger partial charge < -0.3 is 10.2 Å². The first-order valence-corrected chi connectivity index (χ1v) is 8.69. The molecule has 0 radical (unpaired) electrons. The lowest BCUT2D eigenvalue weighted by atomic mass is 10.1. The van der Waals surface area contributed by atoms with Gasteiger partial charge in [0, 0.05) is 24.3 Å². The fourth-order valence-corrected chi connectivity index (χ4v) is 3.11. The molecule has 1 fully saturated rings. The standard InChI is InChI=1S/C19H17ClF2N2O2/c20-15-11-17(22)16(21)10-14(15)18(25)23-13-6-4-12(5-7-13)19(26)24-8-2-1-3-9-24/h4-7,10-11H,1-3,8-9H2,(H,23,25). The molecule has 2 amide bonds. The summed E-state index contributed by atoms with van der Waals surface area (Å²) >= 11 is 5.80. The second-order valence-electron chi connectivity index (χ2n) is 6.13. The van der Waals surface area contributed by atoms with Crippen molar-refractivity contribution in [2.24, 2.45) is 0 Å². The van der Waals surface area contributed by atoms with E-state index in [4.69, 9.17) is 11.6 Å². The number of anilines is 1. The summed E-state index contributed by atoms with van der Waals surface area (Å²) in [4.78, 5) is 26.4. The number of likely N-dealkylation sites (tertiary alicyclic amines) is 1. The van der Waals surface area contributed by atoms with Gasteiger partial charge in [-0.15, -0.1) is 0 Å². The van der Waals surface area contributed by atoms with Gasteiger partial charge in [0.2, 0.25) is 0 Å². The summed E-state index contributed by atoms with van der Waals surface area (Å²) in [7, 11) is 0. The zero-order valence-electron chi connectivity index (χ0n) is 13.9. The average molecular weight is 379 g/mol. The Morgan fingerprint density at radius 3 is 2.23 bits per heavy atom. The first-order valence-electron chi connectivity index (χ1n) is 8.31. The average Bonchev–Trinajstić information content (AvgIpc) is 2.65. The molecule has 0 aliphatic carbocycles. The minimum absolute atomic E-state index is 0.0359. The third kappa shape index (κ3) is 4.02. The van der Waals surface area contributed by atoms with Crippen molar-refractivity contribution in [3.05, 3.63) is 64.2 Å². The number of carbonyl (C=O) groups excluding carboxylic acids is 2. The maximum absolute atomic E-state index is 13.3. The van der Waals surface area contributed by atoms with Gasteiger partial charge >= 0.3 is 0 Å². The van der Waals surface area contributed by atoms with E-state index < -0.39 is 17.5 Å². The predicted octanol–water partition coefficient (Wildman–Crippen LogP) is 4.50. The van der Waals surface area contributed by atoms with Gasteiger partial charge in [-0.05, 0) is 55.7 Å². The van der Waals surface area contributed by atoms with Crippen molar-refractivity contribution in [1.29, 1.82) is 0 Å². The Labute approximate surface area is 154 Å². The van der Waals surface area contributed by atoms with Crippen LogP contribution in [-0.2, 0) is 0 Å². The Bertz CT molecular complexity index is 834. The number of hydrogen-bond acceptors (Lipinski definition) is 2. The van der Waals surface area contributed by atoms with E-state index in [0.29, 0.717) is 11.3 Å². The van der Waals surface area contributed by atoms with Crippen molar-refractivity contribution in [3.8, 4) is 0 Å². The highest BCUT2D eigenvalue weighted by atomic mass is 35.5. The van der Waals surface area contributed by atoms with E-state index in [0.717, 1.165) is 44.5 Å². The lowest BCUT2D eigenvalue weighted by Crippen LogP contribution is -2.35. The molecule has 1 aliphatic rings. The summed E-state index contributed by atoms with van der Waals surface area (Å²) in [6.07, 6.45) is 3.16.